The van der Waals surface area contributed by atoms with E-state index in [2.05, 4.69) is 12.1 Å². The van der Waals surface area contributed by atoms with E-state index in [4.69, 9.17) is 15.9 Å². The van der Waals surface area contributed by atoms with Gasteiger partial charge in [-0.3, -0.25) is 15.0 Å². The number of benzene rings is 3. The van der Waals surface area contributed by atoms with Crippen molar-refractivity contribution in [3.05, 3.63) is 90.0 Å². The van der Waals surface area contributed by atoms with Gasteiger partial charge >= 0.3 is 5.97 Å². The number of nitrogen functional groups attached to an aromatic ring is 1. The maximum atomic E-state index is 13.0. The van der Waals surface area contributed by atoms with Gasteiger partial charge in [0.1, 0.15) is 18.2 Å². The van der Waals surface area contributed by atoms with Crippen LogP contribution in [0.25, 0.3) is 11.1 Å². The summed E-state index contributed by atoms with van der Waals surface area (Å²) in [5.74, 6) is -0.824. The summed E-state index contributed by atoms with van der Waals surface area (Å²) in [6.07, 6.45) is 2.00. The van der Waals surface area contributed by atoms with Crippen molar-refractivity contribution >= 4 is 17.7 Å². The van der Waals surface area contributed by atoms with Crippen molar-refractivity contribution in [3.63, 3.8) is 0 Å². The van der Waals surface area contributed by atoms with Gasteiger partial charge in [0.25, 0.3) is 0 Å². The Hall–Kier alpha value is -4.13. The van der Waals surface area contributed by atoms with Gasteiger partial charge in [-0.1, -0.05) is 66.7 Å². The van der Waals surface area contributed by atoms with E-state index in [1.807, 2.05) is 71.6 Å². The largest absolute Gasteiger partial charge is 0.491 e. The van der Waals surface area contributed by atoms with Crippen molar-refractivity contribution in [1.29, 1.82) is 5.41 Å². The summed E-state index contributed by atoms with van der Waals surface area (Å²) in [5, 5.41) is 16.8. The molecule has 1 aliphatic rings. The zero-order valence-corrected chi connectivity index (χ0v) is 20.1. The summed E-state index contributed by atoms with van der Waals surface area (Å²) in [5.41, 5.74) is 9.44. The van der Waals surface area contributed by atoms with Crippen molar-refractivity contribution in [3.8, 4) is 16.9 Å². The second kappa shape index (κ2) is 11.5. The van der Waals surface area contributed by atoms with Gasteiger partial charge < -0.3 is 20.5 Å². The van der Waals surface area contributed by atoms with Crippen molar-refractivity contribution in [1.82, 2.24) is 4.90 Å². The third-order valence-corrected chi connectivity index (χ3v) is 6.58. The molecule has 1 saturated heterocycles. The van der Waals surface area contributed by atoms with Gasteiger partial charge in [0, 0.05) is 12.1 Å². The minimum Gasteiger partial charge on any atom is -0.491 e. The van der Waals surface area contributed by atoms with E-state index < -0.39 is 11.9 Å². The van der Waals surface area contributed by atoms with Gasteiger partial charge in [0.15, 0.2) is 0 Å². The van der Waals surface area contributed by atoms with Crippen LogP contribution in [0.1, 0.15) is 30.4 Å². The number of amides is 1. The summed E-state index contributed by atoms with van der Waals surface area (Å²) < 4.78 is 6.04. The molecule has 36 heavy (non-hydrogen) atoms. The number of ether oxygens (including phenoxy) is 1. The zero-order chi connectivity index (χ0) is 25.5. The van der Waals surface area contributed by atoms with Gasteiger partial charge in [-0.25, -0.2) is 0 Å². The average molecular weight is 486 g/mol. The molecule has 0 bridgehead atoms. The number of nitrogens with two attached hydrogens (primary N) is 1. The molecule has 3 aromatic carbocycles. The molecule has 0 spiro atoms. The predicted molar refractivity (Wildman–Crippen MR) is 139 cm³/mol. The van der Waals surface area contributed by atoms with Crippen LogP contribution < -0.4 is 10.5 Å². The Kier molecular flexibility index (Phi) is 8.00. The molecule has 186 valence electrons. The summed E-state index contributed by atoms with van der Waals surface area (Å²) in [6, 6.07) is 25.2. The number of carboxylic acid groups (broad SMARTS) is 1. The van der Waals surface area contributed by atoms with E-state index in [-0.39, 0.29) is 24.2 Å². The number of nitrogens with one attached hydrogen (secondary N) is 1. The Morgan fingerprint density at radius 1 is 1.00 bits per heavy atom. The van der Waals surface area contributed by atoms with Crippen molar-refractivity contribution in [2.45, 2.75) is 31.7 Å². The van der Waals surface area contributed by atoms with Crippen LogP contribution in [-0.2, 0) is 16.0 Å². The van der Waals surface area contributed by atoms with Gasteiger partial charge in [0.2, 0.25) is 5.91 Å². The second-order valence-corrected chi connectivity index (χ2v) is 9.13. The van der Waals surface area contributed by atoms with Crippen LogP contribution in [0.5, 0.6) is 5.75 Å². The summed E-state index contributed by atoms with van der Waals surface area (Å²) >= 11 is 0. The Morgan fingerprint density at radius 2 is 1.64 bits per heavy atom. The van der Waals surface area contributed by atoms with Crippen LogP contribution >= 0.6 is 0 Å². The molecule has 4 N–H and O–H groups in total. The Labute approximate surface area is 211 Å². The molecule has 3 aromatic rings. The maximum Gasteiger partial charge on any atom is 0.304 e. The lowest BCUT2D eigenvalue weighted by atomic mass is 10.0. The van der Waals surface area contributed by atoms with Crippen LogP contribution in [0.2, 0.25) is 0 Å². The number of amidine groups is 1. The van der Waals surface area contributed by atoms with Crippen LogP contribution in [0.4, 0.5) is 0 Å². The molecular formula is C29H31N3O4. The number of hydrogen-bond donors (Lipinski definition) is 3. The number of nitrogens with zero attached hydrogens (tertiary/aromatic N) is 1. The summed E-state index contributed by atoms with van der Waals surface area (Å²) in [4.78, 5) is 26.0. The minimum atomic E-state index is -0.953. The van der Waals surface area contributed by atoms with Crippen molar-refractivity contribution < 1.29 is 19.4 Å². The highest BCUT2D eigenvalue weighted by Crippen LogP contribution is 2.29. The van der Waals surface area contributed by atoms with E-state index in [9.17, 15) is 14.7 Å². The number of hydrogen-bond acceptors (Lipinski definition) is 4. The third kappa shape index (κ3) is 6.30. The number of carbonyl (C=O) groups excluding carboxylic acids is 1. The molecule has 4 rings (SSSR count). The maximum absolute atomic E-state index is 13.0. The molecule has 1 fully saturated rings. The fraction of sp³-hybridized carbons (Fsp3) is 0.276. The zero-order valence-electron chi connectivity index (χ0n) is 20.1. The van der Waals surface area contributed by atoms with E-state index in [1.54, 1.807) is 0 Å². The van der Waals surface area contributed by atoms with Crippen molar-refractivity contribution in [2.75, 3.05) is 13.2 Å². The smallest absolute Gasteiger partial charge is 0.304 e. The Bertz CT molecular complexity index is 1190. The molecule has 0 radical (unpaired) electrons. The lowest BCUT2D eigenvalue weighted by Crippen LogP contribution is -2.38. The molecule has 0 saturated carbocycles. The van der Waals surface area contributed by atoms with E-state index in [0.717, 1.165) is 24.0 Å². The molecule has 1 amide bonds. The average Bonchev–Trinajstić information content (AvgIpc) is 3.17. The molecular weight excluding hydrogens is 454 g/mol. The molecule has 0 aliphatic carbocycles. The van der Waals surface area contributed by atoms with Crippen LogP contribution in [0, 0.1) is 11.3 Å². The molecule has 0 aromatic heterocycles. The second-order valence-electron chi connectivity index (χ2n) is 9.13. The number of rotatable bonds is 11. The molecule has 0 unspecified atom stereocenters. The molecule has 7 heteroatoms. The molecule has 7 nitrogen and oxygen atoms in total. The number of carboxylic acids is 1. The minimum absolute atomic E-state index is 0.0374. The van der Waals surface area contributed by atoms with Gasteiger partial charge in [-0.2, -0.15) is 0 Å². The van der Waals surface area contributed by atoms with Crippen LogP contribution in [0.3, 0.4) is 0 Å². The molecule has 2 atom stereocenters. The first-order valence-electron chi connectivity index (χ1n) is 12.1. The Balaban J connectivity index is 1.37. The lowest BCUT2D eigenvalue weighted by molar-refractivity contribution is -0.142. The van der Waals surface area contributed by atoms with Gasteiger partial charge in [-0.15, -0.1) is 0 Å². The third-order valence-electron chi connectivity index (χ3n) is 6.58. The van der Waals surface area contributed by atoms with Crippen molar-refractivity contribution in [2.24, 2.45) is 11.7 Å². The highest BCUT2D eigenvalue weighted by molar-refractivity contribution is 5.95. The van der Waals surface area contributed by atoms with Crippen LogP contribution in [-0.4, -0.2) is 46.9 Å². The first kappa shape index (κ1) is 25.0. The standard InChI is InChI=1S/C29H31N3O4/c30-28(31)23-10-8-21(9-11-23)22-12-14-26(15-13-22)36-19-25-17-24(18-27(33)34)29(35)32(25)16-4-7-20-5-2-1-3-6-20/h1-3,5-6,8-15,24-25H,4,7,16-19H2,(H3,30,31)(H,33,34)/t24-,25-/m0/s1. The fourth-order valence-corrected chi connectivity index (χ4v) is 4.68. The molecule has 1 aliphatic heterocycles. The number of carbonyl (C=O) groups is 2. The SMILES string of the molecule is N=C(N)c1ccc(-c2ccc(OC[C@@H]3C[C@@H](CC(=O)O)C(=O)N3CCCc3ccccc3)cc2)cc1. The first-order chi connectivity index (χ1) is 17.4. The fourth-order valence-electron chi connectivity index (χ4n) is 4.68. The number of likely N-dealkylation sites (tertiary alicyclic amines) is 1. The summed E-state index contributed by atoms with van der Waals surface area (Å²) in [7, 11) is 0. The quantitative estimate of drug-likeness (QED) is 0.276. The highest BCUT2D eigenvalue weighted by Gasteiger charge is 2.40. The van der Waals surface area contributed by atoms with Crippen LogP contribution in [0.15, 0.2) is 78.9 Å². The number of aliphatic carboxylic acids is 1. The lowest BCUT2D eigenvalue weighted by Gasteiger charge is -2.25. The predicted octanol–water partition coefficient (Wildman–Crippen LogP) is 4.34. The van der Waals surface area contributed by atoms with Gasteiger partial charge in [-0.05, 0) is 48.1 Å². The monoisotopic (exact) mass is 485 g/mol. The van der Waals surface area contributed by atoms with E-state index in [1.165, 1.54) is 5.56 Å². The number of aryl methyl sites for hydroxylation is 1. The summed E-state index contributed by atoms with van der Waals surface area (Å²) in [6.45, 7) is 0.896. The normalized spacial score (nSPS) is 17.2. The Morgan fingerprint density at radius 3 is 2.25 bits per heavy atom. The first-order valence-corrected chi connectivity index (χ1v) is 12.1. The van der Waals surface area contributed by atoms with E-state index >= 15 is 0 Å². The van der Waals surface area contributed by atoms with Gasteiger partial charge in [0.05, 0.1) is 18.4 Å². The molecule has 1 heterocycles. The topological polar surface area (TPSA) is 117 Å². The van der Waals surface area contributed by atoms with E-state index in [0.29, 0.717) is 30.9 Å². The highest BCUT2D eigenvalue weighted by atomic mass is 16.5.